The summed E-state index contributed by atoms with van der Waals surface area (Å²) < 4.78 is 52.9. The van der Waals surface area contributed by atoms with Crippen molar-refractivity contribution in [1.29, 1.82) is 0 Å². The lowest BCUT2D eigenvalue weighted by Gasteiger charge is -2.07. The Morgan fingerprint density at radius 3 is 2.70 bits per heavy atom. The number of nitrogens with one attached hydrogen (secondary N) is 1. The molecule has 1 heterocycles. The highest BCUT2D eigenvalue weighted by Crippen LogP contribution is 2.48. The molecule has 1 saturated carbocycles. The van der Waals surface area contributed by atoms with Gasteiger partial charge in [-0.05, 0) is 36.1 Å². The van der Waals surface area contributed by atoms with Crippen molar-refractivity contribution in [2.75, 3.05) is 0 Å². The van der Waals surface area contributed by atoms with Gasteiger partial charge >= 0.3 is 0 Å². The van der Waals surface area contributed by atoms with Crippen molar-refractivity contribution in [2.45, 2.75) is 17.2 Å². The number of pyridine rings is 1. The van der Waals surface area contributed by atoms with Crippen molar-refractivity contribution >= 4 is 15.9 Å². The fraction of sp³-hybridized carbons (Fsp3) is 0.200. The van der Waals surface area contributed by atoms with Gasteiger partial charge in [0.15, 0.2) is 11.6 Å². The van der Waals surface area contributed by atoms with Crippen molar-refractivity contribution in [3.63, 3.8) is 0 Å². The summed E-state index contributed by atoms with van der Waals surface area (Å²) in [5.41, 5.74) is 0.0870. The van der Waals surface area contributed by atoms with Crippen LogP contribution in [0.5, 0.6) is 0 Å². The first-order chi connectivity index (χ1) is 10.9. The third-order valence-corrected chi connectivity index (χ3v) is 5.02. The molecular formula is C15H12F2N2O3S. The molecule has 0 spiro atoms. The smallest absolute Gasteiger partial charge is 0.265 e. The Bertz CT molecular complexity index is 856. The Kier molecular flexibility index (Phi) is 3.85. The summed E-state index contributed by atoms with van der Waals surface area (Å²) in [5.74, 6) is -3.94. The third-order valence-electron chi connectivity index (χ3n) is 3.69. The Morgan fingerprint density at radius 1 is 1.22 bits per heavy atom. The summed E-state index contributed by atoms with van der Waals surface area (Å²) in [6, 6.07) is 6.48. The van der Waals surface area contributed by atoms with Crippen LogP contribution < -0.4 is 4.72 Å². The minimum absolute atomic E-state index is 0.0870. The van der Waals surface area contributed by atoms with Gasteiger partial charge in [0.1, 0.15) is 4.90 Å². The average Bonchev–Trinajstić information content (AvgIpc) is 3.31. The van der Waals surface area contributed by atoms with Crippen LogP contribution in [0.1, 0.15) is 17.9 Å². The van der Waals surface area contributed by atoms with Gasteiger partial charge in [-0.2, -0.15) is 0 Å². The largest absolute Gasteiger partial charge is 0.274 e. The maximum absolute atomic E-state index is 13.7. The molecule has 0 bridgehead atoms. The van der Waals surface area contributed by atoms with E-state index < -0.39 is 39.4 Å². The quantitative estimate of drug-likeness (QED) is 0.925. The molecule has 0 aliphatic heterocycles. The van der Waals surface area contributed by atoms with Crippen LogP contribution in [0.2, 0.25) is 0 Å². The first kappa shape index (κ1) is 15.5. The van der Waals surface area contributed by atoms with Crippen molar-refractivity contribution in [3.05, 3.63) is 59.9 Å². The zero-order valence-corrected chi connectivity index (χ0v) is 12.6. The van der Waals surface area contributed by atoms with Crippen molar-refractivity contribution in [3.8, 4) is 0 Å². The molecule has 5 nitrogen and oxygen atoms in total. The second kappa shape index (κ2) is 5.69. The summed E-state index contributed by atoms with van der Waals surface area (Å²) in [7, 11) is -4.02. The fourth-order valence-corrected chi connectivity index (χ4v) is 3.40. The highest BCUT2D eigenvalue weighted by molar-refractivity contribution is 7.90. The summed E-state index contributed by atoms with van der Waals surface area (Å²) in [5, 5.41) is 0. The number of halogens is 2. The summed E-state index contributed by atoms with van der Waals surface area (Å²) in [6.45, 7) is 0. The standard InChI is InChI=1S/C15H12F2N2O3S/c16-13-5-1-4-10(14(13)17)11-7-12(11)15(20)19-23(21,22)9-3-2-6-18-8-9/h1-6,8,11-12H,7H2,(H,19,20)/t11-,12+/m0/s1. The van der Waals surface area contributed by atoms with Gasteiger partial charge < -0.3 is 0 Å². The van der Waals surface area contributed by atoms with E-state index in [-0.39, 0.29) is 16.9 Å². The molecule has 1 aliphatic rings. The molecule has 0 saturated heterocycles. The molecule has 3 rings (SSSR count). The monoisotopic (exact) mass is 338 g/mol. The molecular weight excluding hydrogens is 326 g/mol. The Morgan fingerprint density at radius 2 is 2.00 bits per heavy atom. The molecule has 120 valence electrons. The Balaban J connectivity index is 1.73. The number of carbonyl (C=O) groups excluding carboxylic acids is 1. The SMILES string of the molecule is O=C(NS(=O)(=O)c1cccnc1)[C@@H]1C[C@H]1c1cccc(F)c1F. The van der Waals surface area contributed by atoms with Crippen LogP contribution in [0.25, 0.3) is 0 Å². The molecule has 1 aliphatic carbocycles. The summed E-state index contributed by atoms with van der Waals surface area (Å²) in [6.07, 6.45) is 2.80. The molecule has 0 unspecified atom stereocenters. The molecule has 0 radical (unpaired) electrons. The number of hydrogen-bond acceptors (Lipinski definition) is 4. The van der Waals surface area contributed by atoms with E-state index >= 15 is 0 Å². The van der Waals surface area contributed by atoms with Gasteiger partial charge in [-0.1, -0.05) is 12.1 Å². The number of aromatic nitrogens is 1. The lowest BCUT2D eigenvalue weighted by atomic mass is 10.1. The highest BCUT2D eigenvalue weighted by atomic mass is 32.2. The molecule has 2 atom stereocenters. The maximum Gasteiger partial charge on any atom is 0.265 e. The second-order valence-corrected chi connectivity index (χ2v) is 6.93. The Labute approximate surface area is 131 Å². The number of amides is 1. The van der Waals surface area contributed by atoms with E-state index in [1.54, 1.807) is 0 Å². The maximum atomic E-state index is 13.7. The first-order valence-corrected chi connectivity index (χ1v) is 8.29. The summed E-state index contributed by atoms with van der Waals surface area (Å²) >= 11 is 0. The van der Waals surface area contributed by atoms with Gasteiger partial charge in [-0.25, -0.2) is 21.9 Å². The van der Waals surface area contributed by atoms with E-state index in [9.17, 15) is 22.0 Å². The van der Waals surface area contributed by atoms with Crippen LogP contribution >= 0.6 is 0 Å². The van der Waals surface area contributed by atoms with Crippen molar-refractivity contribution in [1.82, 2.24) is 9.71 Å². The predicted octanol–water partition coefficient (Wildman–Crippen LogP) is 1.97. The van der Waals surface area contributed by atoms with Gasteiger partial charge in [-0.3, -0.25) is 9.78 Å². The fourth-order valence-electron chi connectivity index (χ4n) is 2.41. The average molecular weight is 338 g/mol. The molecule has 1 aromatic carbocycles. The molecule has 23 heavy (non-hydrogen) atoms. The zero-order chi connectivity index (χ0) is 16.6. The number of hydrogen-bond donors (Lipinski definition) is 1. The van der Waals surface area contributed by atoms with E-state index in [0.717, 1.165) is 12.3 Å². The van der Waals surface area contributed by atoms with E-state index in [2.05, 4.69) is 4.98 Å². The number of carbonyl (C=O) groups is 1. The lowest BCUT2D eigenvalue weighted by molar-refractivity contribution is -0.120. The number of benzene rings is 1. The molecule has 1 aromatic heterocycles. The van der Waals surface area contributed by atoms with Crippen LogP contribution in [0.15, 0.2) is 47.6 Å². The van der Waals surface area contributed by atoms with Gasteiger partial charge in [0, 0.05) is 18.3 Å². The van der Waals surface area contributed by atoms with E-state index in [0.29, 0.717) is 0 Å². The van der Waals surface area contributed by atoms with Crippen LogP contribution in [-0.2, 0) is 14.8 Å². The molecule has 8 heteroatoms. The minimum Gasteiger partial charge on any atom is -0.274 e. The molecule has 1 fully saturated rings. The van der Waals surface area contributed by atoms with Gasteiger partial charge in [0.05, 0.1) is 0 Å². The zero-order valence-electron chi connectivity index (χ0n) is 11.7. The topological polar surface area (TPSA) is 76.1 Å². The number of rotatable bonds is 4. The lowest BCUT2D eigenvalue weighted by Crippen LogP contribution is -2.32. The van der Waals surface area contributed by atoms with Crippen LogP contribution in [0.4, 0.5) is 8.78 Å². The predicted molar refractivity (Wildman–Crippen MR) is 76.8 cm³/mol. The van der Waals surface area contributed by atoms with Gasteiger partial charge in [0.25, 0.3) is 10.0 Å². The minimum atomic E-state index is -4.02. The first-order valence-electron chi connectivity index (χ1n) is 6.81. The van der Waals surface area contributed by atoms with E-state index in [1.165, 1.54) is 30.5 Å². The van der Waals surface area contributed by atoms with Gasteiger partial charge in [-0.15, -0.1) is 0 Å². The normalized spacial score (nSPS) is 20.1. The molecule has 2 aromatic rings. The number of sulfonamides is 1. The number of nitrogens with zero attached hydrogens (tertiary/aromatic N) is 1. The van der Waals surface area contributed by atoms with Crippen LogP contribution in [0.3, 0.4) is 0 Å². The summed E-state index contributed by atoms with van der Waals surface area (Å²) in [4.78, 5) is 15.6. The van der Waals surface area contributed by atoms with E-state index in [4.69, 9.17) is 0 Å². The van der Waals surface area contributed by atoms with Gasteiger partial charge in [0.2, 0.25) is 5.91 Å². The van der Waals surface area contributed by atoms with Crippen LogP contribution in [0, 0.1) is 17.6 Å². The second-order valence-electron chi connectivity index (χ2n) is 5.25. The van der Waals surface area contributed by atoms with Crippen LogP contribution in [-0.4, -0.2) is 19.3 Å². The highest BCUT2D eigenvalue weighted by Gasteiger charge is 2.46. The third kappa shape index (κ3) is 3.07. The van der Waals surface area contributed by atoms with Crippen molar-refractivity contribution < 1.29 is 22.0 Å². The Hall–Kier alpha value is -2.35. The van der Waals surface area contributed by atoms with Crippen molar-refractivity contribution in [2.24, 2.45) is 5.92 Å². The van der Waals surface area contributed by atoms with E-state index in [1.807, 2.05) is 4.72 Å². The molecule has 1 N–H and O–H groups in total. The molecule has 1 amide bonds.